The zero-order valence-corrected chi connectivity index (χ0v) is 17.5. The molecule has 2 saturated heterocycles. The maximum atomic E-state index is 13.4. The van der Waals surface area contributed by atoms with E-state index >= 15 is 0 Å². The molecule has 0 atom stereocenters. The second-order valence-electron chi connectivity index (χ2n) is 8.35. The minimum absolute atomic E-state index is 0.176. The Kier molecular flexibility index (Phi) is 6.36. The molecule has 2 fully saturated rings. The van der Waals surface area contributed by atoms with Crippen molar-refractivity contribution in [2.45, 2.75) is 44.1 Å². The number of aliphatic hydroxyl groups is 1. The summed E-state index contributed by atoms with van der Waals surface area (Å²) in [5, 5.41) is 15.8. The Morgan fingerprint density at radius 2 is 2.07 bits per heavy atom. The lowest BCUT2D eigenvalue weighted by Crippen LogP contribution is -2.53. The molecule has 4 rings (SSSR count). The maximum Gasteiger partial charge on any atom is 0.254 e. The number of piperidine rings is 1. The quantitative estimate of drug-likeness (QED) is 0.775. The number of aromatic nitrogens is 1. The number of halogens is 1. The molecular weight excluding hydrogens is 389 g/mol. The van der Waals surface area contributed by atoms with Crippen LogP contribution in [-0.2, 0) is 9.53 Å². The van der Waals surface area contributed by atoms with Crippen LogP contribution in [-0.4, -0.2) is 77.5 Å². The third-order valence-corrected chi connectivity index (χ3v) is 6.51. The molecule has 0 saturated carbocycles. The highest BCUT2D eigenvalue weighted by atomic mass is 19.1. The third kappa shape index (κ3) is 4.36. The standard InChI is InChI=1S/C22H30FN3O4/c1-2-26(21(27)22(28)7-13-29-14-8-22)12-11-25-9-5-16(6-10-25)20-18-4-3-17(23)15-19(18)30-24-20/h3-4,15-16,28H,2,5-14H2,1H3. The first-order valence-corrected chi connectivity index (χ1v) is 10.9. The Morgan fingerprint density at radius 1 is 1.33 bits per heavy atom. The van der Waals surface area contributed by atoms with E-state index in [0.29, 0.717) is 50.6 Å². The van der Waals surface area contributed by atoms with Gasteiger partial charge in [0, 0.05) is 63.1 Å². The molecule has 0 unspecified atom stereocenters. The molecule has 3 heterocycles. The number of nitrogens with zero attached hydrogens (tertiary/aromatic N) is 3. The lowest BCUT2D eigenvalue weighted by atomic mass is 9.91. The summed E-state index contributed by atoms with van der Waals surface area (Å²) in [4.78, 5) is 16.9. The lowest BCUT2D eigenvalue weighted by molar-refractivity contribution is -0.160. The molecule has 1 N–H and O–H groups in total. The Bertz CT molecular complexity index is 872. The molecule has 30 heavy (non-hydrogen) atoms. The molecule has 0 bridgehead atoms. The number of likely N-dealkylation sites (N-methyl/N-ethyl adjacent to an activating group) is 1. The van der Waals surface area contributed by atoms with E-state index in [1.54, 1.807) is 11.0 Å². The van der Waals surface area contributed by atoms with Crippen LogP contribution in [0, 0.1) is 5.82 Å². The van der Waals surface area contributed by atoms with Crippen molar-refractivity contribution >= 4 is 16.9 Å². The van der Waals surface area contributed by atoms with Gasteiger partial charge >= 0.3 is 0 Å². The summed E-state index contributed by atoms with van der Waals surface area (Å²) < 4.78 is 24.0. The minimum atomic E-state index is -1.28. The van der Waals surface area contributed by atoms with E-state index in [9.17, 15) is 14.3 Å². The van der Waals surface area contributed by atoms with Gasteiger partial charge in [0.15, 0.2) is 5.58 Å². The Labute approximate surface area is 175 Å². The van der Waals surface area contributed by atoms with Gasteiger partial charge in [0.05, 0.1) is 5.69 Å². The van der Waals surface area contributed by atoms with Crippen LogP contribution in [0.5, 0.6) is 0 Å². The molecule has 0 radical (unpaired) electrons. The topological polar surface area (TPSA) is 79.0 Å². The molecule has 0 spiro atoms. The van der Waals surface area contributed by atoms with Crippen molar-refractivity contribution in [2.24, 2.45) is 0 Å². The molecule has 164 valence electrons. The molecule has 2 aromatic rings. The van der Waals surface area contributed by atoms with E-state index in [1.165, 1.54) is 12.1 Å². The van der Waals surface area contributed by atoms with E-state index in [1.807, 2.05) is 6.92 Å². The summed E-state index contributed by atoms with van der Waals surface area (Å²) in [6.07, 6.45) is 2.62. The molecule has 2 aliphatic heterocycles. The van der Waals surface area contributed by atoms with E-state index in [2.05, 4.69) is 10.1 Å². The van der Waals surface area contributed by atoms with Crippen molar-refractivity contribution in [3.63, 3.8) is 0 Å². The fraction of sp³-hybridized carbons (Fsp3) is 0.636. The summed E-state index contributed by atoms with van der Waals surface area (Å²) in [6.45, 7) is 6.59. The molecule has 1 aromatic heterocycles. The number of rotatable bonds is 6. The van der Waals surface area contributed by atoms with Crippen LogP contribution < -0.4 is 0 Å². The maximum absolute atomic E-state index is 13.4. The number of ether oxygens (including phenoxy) is 1. The first-order chi connectivity index (χ1) is 14.5. The molecule has 1 aromatic carbocycles. The molecule has 2 aliphatic rings. The predicted octanol–water partition coefficient (Wildman–Crippen LogP) is 2.54. The number of hydrogen-bond donors (Lipinski definition) is 1. The lowest BCUT2D eigenvalue weighted by Gasteiger charge is -2.37. The van der Waals surface area contributed by atoms with Crippen LogP contribution in [0.3, 0.4) is 0 Å². The molecule has 8 heteroatoms. The number of likely N-dealkylation sites (tertiary alicyclic amines) is 1. The normalized spacial score (nSPS) is 20.5. The minimum Gasteiger partial charge on any atom is -0.381 e. The average molecular weight is 419 g/mol. The molecule has 7 nitrogen and oxygen atoms in total. The van der Waals surface area contributed by atoms with E-state index < -0.39 is 5.60 Å². The zero-order valence-electron chi connectivity index (χ0n) is 17.5. The average Bonchev–Trinajstić information content (AvgIpc) is 3.18. The third-order valence-electron chi connectivity index (χ3n) is 6.51. The van der Waals surface area contributed by atoms with E-state index in [4.69, 9.17) is 9.26 Å². The summed E-state index contributed by atoms with van der Waals surface area (Å²) >= 11 is 0. The first-order valence-electron chi connectivity index (χ1n) is 10.9. The summed E-state index contributed by atoms with van der Waals surface area (Å²) in [7, 11) is 0. The van der Waals surface area contributed by atoms with Crippen molar-refractivity contribution < 1.29 is 23.6 Å². The van der Waals surface area contributed by atoms with Gasteiger partial charge in [-0.05, 0) is 45.0 Å². The van der Waals surface area contributed by atoms with Crippen molar-refractivity contribution in [2.75, 3.05) is 45.9 Å². The largest absolute Gasteiger partial charge is 0.381 e. The van der Waals surface area contributed by atoms with Crippen LogP contribution in [0.15, 0.2) is 22.7 Å². The van der Waals surface area contributed by atoms with Crippen LogP contribution in [0.2, 0.25) is 0 Å². The van der Waals surface area contributed by atoms with Crippen LogP contribution >= 0.6 is 0 Å². The molecule has 0 aliphatic carbocycles. The van der Waals surface area contributed by atoms with E-state index in [-0.39, 0.29) is 11.7 Å². The Hall–Kier alpha value is -2.03. The second-order valence-corrected chi connectivity index (χ2v) is 8.35. The van der Waals surface area contributed by atoms with Gasteiger partial charge in [-0.2, -0.15) is 0 Å². The SMILES string of the molecule is CCN(CCN1CCC(c2noc3cc(F)ccc23)CC1)C(=O)C1(O)CCOCC1. The highest BCUT2D eigenvalue weighted by Gasteiger charge is 2.40. The highest BCUT2D eigenvalue weighted by molar-refractivity contribution is 5.85. The van der Waals surface area contributed by atoms with Gasteiger partial charge in [-0.1, -0.05) is 5.16 Å². The van der Waals surface area contributed by atoms with Gasteiger partial charge in [-0.3, -0.25) is 4.79 Å². The first kappa shape index (κ1) is 21.2. The summed E-state index contributed by atoms with van der Waals surface area (Å²) in [5.74, 6) is -0.204. The number of benzene rings is 1. The van der Waals surface area contributed by atoms with Crippen molar-refractivity contribution in [3.8, 4) is 0 Å². The Morgan fingerprint density at radius 3 is 2.77 bits per heavy atom. The fourth-order valence-electron chi connectivity index (χ4n) is 4.54. The number of hydrogen-bond acceptors (Lipinski definition) is 6. The van der Waals surface area contributed by atoms with Crippen LogP contribution in [0.1, 0.15) is 44.2 Å². The molecule has 1 amide bonds. The zero-order chi connectivity index (χ0) is 21.1. The highest BCUT2D eigenvalue weighted by Crippen LogP contribution is 2.32. The van der Waals surface area contributed by atoms with E-state index in [0.717, 1.165) is 43.6 Å². The number of carbonyl (C=O) groups is 1. The van der Waals surface area contributed by atoms with Crippen molar-refractivity contribution in [1.29, 1.82) is 0 Å². The van der Waals surface area contributed by atoms with Gasteiger partial charge in [-0.15, -0.1) is 0 Å². The van der Waals surface area contributed by atoms with Gasteiger partial charge in [0.25, 0.3) is 5.91 Å². The number of fused-ring (bicyclic) bond motifs is 1. The monoisotopic (exact) mass is 419 g/mol. The summed E-state index contributed by atoms with van der Waals surface area (Å²) in [5.41, 5.74) is 0.127. The van der Waals surface area contributed by atoms with Gasteiger partial charge < -0.3 is 24.2 Å². The summed E-state index contributed by atoms with van der Waals surface area (Å²) in [6, 6.07) is 4.57. The second kappa shape index (κ2) is 8.99. The smallest absolute Gasteiger partial charge is 0.254 e. The fourth-order valence-corrected chi connectivity index (χ4v) is 4.54. The van der Waals surface area contributed by atoms with Crippen molar-refractivity contribution in [1.82, 2.24) is 15.0 Å². The number of amides is 1. The van der Waals surface area contributed by atoms with Gasteiger partial charge in [0.1, 0.15) is 11.4 Å². The predicted molar refractivity (Wildman–Crippen MR) is 110 cm³/mol. The number of carbonyl (C=O) groups excluding carboxylic acids is 1. The van der Waals surface area contributed by atoms with Crippen LogP contribution in [0.25, 0.3) is 11.0 Å². The van der Waals surface area contributed by atoms with Crippen LogP contribution in [0.4, 0.5) is 4.39 Å². The van der Waals surface area contributed by atoms with Gasteiger partial charge in [0.2, 0.25) is 0 Å². The molecular formula is C22H30FN3O4. The van der Waals surface area contributed by atoms with Crippen molar-refractivity contribution in [3.05, 3.63) is 29.7 Å². The van der Waals surface area contributed by atoms with Gasteiger partial charge in [-0.25, -0.2) is 4.39 Å². The Balaban J connectivity index is 1.30.